The van der Waals surface area contributed by atoms with Crippen LogP contribution < -0.4 is 5.32 Å². The van der Waals surface area contributed by atoms with E-state index >= 15 is 0 Å². The predicted octanol–water partition coefficient (Wildman–Crippen LogP) is 2.53. The van der Waals surface area contributed by atoms with Gasteiger partial charge in [0.25, 0.3) is 5.91 Å². The molecule has 1 aromatic carbocycles. The Morgan fingerprint density at radius 1 is 1.35 bits per heavy atom. The third-order valence-electron chi connectivity index (χ3n) is 4.27. The van der Waals surface area contributed by atoms with Crippen molar-refractivity contribution in [2.45, 2.75) is 25.1 Å². The minimum absolute atomic E-state index is 0. The third-order valence-corrected chi connectivity index (χ3v) is 4.27. The van der Waals surface area contributed by atoms with Crippen LogP contribution in [0.5, 0.6) is 0 Å². The van der Waals surface area contributed by atoms with Crippen molar-refractivity contribution in [3.05, 3.63) is 41.7 Å². The number of nitrogens with zero attached hydrogens (tertiary/aromatic N) is 4. The molecule has 1 N–H and O–H groups in total. The highest BCUT2D eigenvalue weighted by Gasteiger charge is 2.31. The lowest BCUT2D eigenvalue weighted by molar-refractivity contribution is -0.137. The molecule has 3 rings (SSSR count). The van der Waals surface area contributed by atoms with E-state index in [-0.39, 0.29) is 35.7 Å². The van der Waals surface area contributed by atoms with Crippen LogP contribution in [0.25, 0.3) is 5.69 Å². The first-order chi connectivity index (χ1) is 11.9. The Kier molecular flexibility index (Phi) is 6.25. The highest BCUT2D eigenvalue weighted by atomic mass is 35.5. The first-order valence-corrected chi connectivity index (χ1v) is 7.95. The average Bonchev–Trinajstić information content (AvgIpc) is 3.10. The molecule has 1 aliphatic rings. The molecular weight excluding hydrogens is 371 g/mol. The number of aromatic nitrogens is 3. The second-order valence-electron chi connectivity index (χ2n) is 5.98. The monoisotopic (exact) mass is 389 g/mol. The quantitative estimate of drug-likeness (QED) is 0.876. The van der Waals surface area contributed by atoms with E-state index in [1.165, 1.54) is 23.0 Å². The van der Waals surface area contributed by atoms with E-state index in [4.69, 9.17) is 0 Å². The lowest BCUT2D eigenvalue weighted by Gasteiger charge is -2.31. The van der Waals surface area contributed by atoms with Crippen LogP contribution in [0, 0.1) is 0 Å². The van der Waals surface area contributed by atoms with Crippen LogP contribution >= 0.6 is 12.4 Å². The molecule has 1 fully saturated rings. The molecule has 1 aliphatic heterocycles. The van der Waals surface area contributed by atoms with E-state index in [0.717, 1.165) is 25.0 Å². The lowest BCUT2D eigenvalue weighted by Crippen LogP contribution is -2.47. The van der Waals surface area contributed by atoms with E-state index in [9.17, 15) is 18.0 Å². The van der Waals surface area contributed by atoms with Gasteiger partial charge in [0.1, 0.15) is 0 Å². The van der Waals surface area contributed by atoms with Crippen LogP contribution in [0.2, 0.25) is 0 Å². The number of hydrogen-bond donors (Lipinski definition) is 1. The first kappa shape index (κ1) is 20.2. The SMILES string of the molecule is CNC1CCCN(C(=O)c2cn(-c3cccc(C(F)(F)F)c3)nn2)C1.Cl. The number of likely N-dealkylation sites (tertiary alicyclic amines) is 1. The number of rotatable bonds is 3. The molecule has 1 aromatic heterocycles. The van der Waals surface area contributed by atoms with Crippen molar-refractivity contribution in [2.75, 3.05) is 20.1 Å². The summed E-state index contributed by atoms with van der Waals surface area (Å²) >= 11 is 0. The van der Waals surface area contributed by atoms with Gasteiger partial charge in [0, 0.05) is 19.1 Å². The zero-order valence-electron chi connectivity index (χ0n) is 14.0. The van der Waals surface area contributed by atoms with Gasteiger partial charge < -0.3 is 10.2 Å². The fourth-order valence-electron chi connectivity index (χ4n) is 2.87. The maximum Gasteiger partial charge on any atom is 0.416 e. The standard InChI is InChI=1S/C16H18F3N5O.ClH/c1-20-12-5-3-7-23(9-12)15(25)14-10-24(22-21-14)13-6-2-4-11(8-13)16(17,18)19;/h2,4,6,8,10,12,20H,3,5,7,9H2,1H3;1H. The fourth-order valence-corrected chi connectivity index (χ4v) is 2.87. The summed E-state index contributed by atoms with van der Waals surface area (Å²) in [6.07, 6.45) is -1.19. The molecule has 26 heavy (non-hydrogen) atoms. The Bertz CT molecular complexity index is 764. The number of benzene rings is 1. The molecule has 1 atom stereocenters. The summed E-state index contributed by atoms with van der Waals surface area (Å²) < 4.78 is 39.6. The zero-order valence-corrected chi connectivity index (χ0v) is 14.8. The van der Waals surface area contributed by atoms with Crippen LogP contribution in [0.4, 0.5) is 13.2 Å². The normalized spacial score (nSPS) is 17.7. The summed E-state index contributed by atoms with van der Waals surface area (Å²) in [6, 6.07) is 4.97. The van der Waals surface area contributed by atoms with Crippen molar-refractivity contribution in [1.82, 2.24) is 25.2 Å². The molecule has 1 saturated heterocycles. The van der Waals surface area contributed by atoms with E-state index in [1.807, 2.05) is 7.05 Å². The van der Waals surface area contributed by atoms with Gasteiger partial charge in [-0.3, -0.25) is 4.79 Å². The van der Waals surface area contributed by atoms with Gasteiger partial charge in [-0.1, -0.05) is 11.3 Å². The van der Waals surface area contributed by atoms with Crippen molar-refractivity contribution in [2.24, 2.45) is 0 Å². The molecular formula is C16H19ClF3N5O. The van der Waals surface area contributed by atoms with Gasteiger partial charge in [-0.2, -0.15) is 13.2 Å². The van der Waals surface area contributed by atoms with Crippen LogP contribution in [0.3, 0.4) is 0 Å². The molecule has 0 saturated carbocycles. The van der Waals surface area contributed by atoms with E-state index < -0.39 is 11.7 Å². The van der Waals surface area contributed by atoms with Gasteiger partial charge in [0.15, 0.2) is 5.69 Å². The molecule has 1 amide bonds. The third kappa shape index (κ3) is 4.34. The lowest BCUT2D eigenvalue weighted by atomic mass is 10.1. The predicted molar refractivity (Wildman–Crippen MR) is 91.6 cm³/mol. The molecule has 2 aromatic rings. The van der Waals surface area contributed by atoms with Crippen molar-refractivity contribution in [1.29, 1.82) is 0 Å². The summed E-state index contributed by atoms with van der Waals surface area (Å²) in [5, 5.41) is 10.8. The Morgan fingerprint density at radius 3 is 2.81 bits per heavy atom. The molecule has 0 radical (unpaired) electrons. The number of nitrogens with one attached hydrogen (secondary N) is 1. The molecule has 2 heterocycles. The molecule has 10 heteroatoms. The number of halogens is 4. The first-order valence-electron chi connectivity index (χ1n) is 7.95. The van der Waals surface area contributed by atoms with E-state index in [2.05, 4.69) is 15.6 Å². The largest absolute Gasteiger partial charge is 0.416 e. The summed E-state index contributed by atoms with van der Waals surface area (Å²) in [6.45, 7) is 1.21. The maximum atomic E-state index is 12.8. The maximum absolute atomic E-state index is 12.8. The number of hydrogen-bond acceptors (Lipinski definition) is 4. The molecule has 0 bridgehead atoms. The van der Waals surface area contributed by atoms with E-state index in [0.29, 0.717) is 13.1 Å². The van der Waals surface area contributed by atoms with Crippen LogP contribution in [-0.2, 0) is 6.18 Å². The number of piperidine rings is 1. The highest BCUT2D eigenvalue weighted by molar-refractivity contribution is 5.92. The highest BCUT2D eigenvalue weighted by Crippen LogP contribution is 2.30. The van der Waals surface area contributed by atoms with Crippen molar-refractivity contribution >= 4 is 18.3 Å². The number of carbonyl (C=O) groups excluding carboxylic acids is 1. The summed E-state index contributed by atoms with van der Waals surface area (Å²) in [7, 11) is 1.85. The van der Waals surface area contributed by atoms with Gasteiger partial charge in [0.05, 0.1) is 17.4 Å². The van der Waals surface area contributed by atoms with Gasteiger partial charge in [-0.05, 0) is 38.1 Å². The second-order valence-corrected chi connectivity index (χ2v) is 5.98. The number of likely N-dealkylation sites (N-methyl/N-ethyl adjacent to an activating group) is 1. The smallest absolute Gasteiger partial charge is 0.336 e. The zero-order chi connectivity index (χ0) is 18.0. The van der Waals surface area contributed by atoms with Crippen LogP contribution in [0.1, 0.15) is 28.9 Å². The Morgan fingerprint density at radius 2 is 2.12 bits per heavy atom. The molecule has 0 aliphatic carbocycles. The molecule has 0 spiro atoms. The Labute approximate surface area is 154 Å². The average molecular weight is 390 g/mol. The fraction of sp³-hybridized carbons (Fsp3) is 0.438. The van der Waals surface area contributed by atoms with E-state index in [1.54, 1.807) is 4.90 Å². The Hall–Kier alpha value is -2.13. The van der Waals surface area contributed by atoms with Crippen molar-refractivity contribution in [3.8, 4) is 5.69 Å². The number of alkyl halides is 3. The topological polar surface area (TPSA) is 63.1 Å². The molecule has 142 valence electrons. The van der Waals surface area contributed by atoms with Gasteiger partial charge in [-0.15, -0.1) is 17.5 Å². The number of amides is 1. The molecule has 6 nitrogen and oxygen atoms in total. The minimum atomic E-state index is -4.44. The minimum Gasteiger partial charge on any atom is -0.336 e. The Balaban J connectivity index is 0.00000243. The summed E-state index contributed by atoms with van der Waals surface area (Å²) in [5.74, 6) is -0.266. The van der Waals surface area contributed by atoms with Crippen LogP contribution in [0.15, 0.2) is 30.5 Å². The van der Waals surface area contributed by atoms with Gasteiger partial charge >= 0.3 is 6.18 Å². The second kappa shape index (κ2) is 8.05. The van der Waals surface area contributed by atoms with Crippen LogP contribution in [-0.4, -0.2) is 52.0 Å². The van der Waals surface area contributed by atoms with Crippen molar-refractivity contribution in [3.63, 3.8) is 0 Å². The summed E-state index contributed by atoms with van der Waals surface area (Å²) in [4.78, 5) is 14.2. The van der Waals surface area contributed by atoms with Crippen molar-refractivity contribution < 1.29 is 18.0 Å². The van der Waals surface area contributed by atoms with Gasteiger partial charge in [-0.25, -0.2) is 4.68 Å². The molecule has 1 unspecified atom stereocenters. The summed E-state index contributed by atoms with van der Waals surface area (Å²) in [5.41, 5.74) is -0.455. The van der Waals surface area contributed by atoms with Gasteiger partial charge in [0.2, 0.25) is 0 Å². The number of carbonyl (C=O) groups is 1.